The van der Waals surface area contributed by atoms with Gasteiger partial charge in [0.15, 0.2) is 11.5 Å². The highest BCUT2D eigenvalue weighted by Gasteiger charge is 2.17. The minimum Gasteiger partial charge on any atom is -0.486 e. The first-order valence-corrected chi connectivity index (χ1v) is 8.32. The number of benzene rings is 1. The molecule has 0 saturated carbocycles. The van der Waals surface area contributed by atoms with E-state index < -0.39 is 0 Å². The van der Waals surface area contributed by atoms with Gasteiger partial charge < -0.3 is 19.8 Å². The molecule has 1 aromatic carbocycles. The smallest absolute Gasteiger partial charge is 0.163 e. The van der Waals surface area contributed by atoms with Crippen LogP contribution in [0.15, 0.2) is 12.1 Å². The van der Waals surface area contributed by atoms with Crippen LogP contribution in [0.4, 0.5) is 0 Å². The van der Waals surface area contributed by atoms with Crippen LogP contribution < -0.4 is 15.2 Å². The lowest BCUT2D eigenvalue weighted by Gasteiger charge is -2.18. The third kappa shape index (κ3) is 3.04. The van der Waals surface area contributed by atoms with E-state index in [4.69, 9.17) is 20.2 Å². The fraction of sp³-hybridized carbons (Fsp3) is 0.588. The van der Waals surface area contributed by atoms with E-state index in [-0.39, 0.29) is 0 Å². The molecular formula is C17H25N3O2. The quantitative estimate of drug-likeness (QED) is 0.799. The summed E-state index contributed by atoms with van der Waals surface area (Å²) in [6, 6.07) is 4.09. The van der Waals surface area contributed by atoms with Crippen LogP contribution in [0.3, 0.4) is 0 Å². The summed E-state index contributed by atoms with van der Waals surface area (Å²) in [4.78, 5) is 4.83. The van der Waals surface area contributed by atoms with Gasteiger partial charge in [-0.15, -0.1) is 0 Å². The Morgan fingerprint density at radius 1 is 1.14 bits per heavy atom. The molecule has 2 aromatic rings. The number of hydrogen-bond donors (Lipinski definition) is 1. The highest BCUT2D eigenvalue weighted by Crippen LogP contribution is 2.35. The number of aromatic nitrogens is 2. The molecule has 0 amide bonds. The van der Waals surface area contributed by atoms with Crippen molar-refractivity contribution in [3.8, 4) is 11.5 Å². The minimum absolute atomic E-state index is 0.610. The molecule has 0 aliphatic carbocycles. The van der Waals surface area contributed by atoms with E-state index in [1.807, 2.05) is 6.07 Å². The Balaban J connectivity index is 1.97. The second-order valence-corrected chi connectivity index (χ2v) is 5.76. The number of ether oxygens (including phenoxy) is 2. The highest BCUT2D eigenvalue weighted by molar-refractivity contribution is 5.80. The maximum Gasteiger partial charge on any atom is 0.163 e. The van der Waals surface area contributed by atoms with Crippen LogP contribution in [0.5, 0.6) is 11.5 Å². The predicted molar refractivity (Wildman–Crippen MR) is 87.6 cm³/mol. The molecule has 1 aliphatic heterocycles. The molecule has 2 N–H and O–H groups in total. The number of aryl methyl sites for hydroxylation is 2. The molecule has 2 heterocycles. The van der Waals surface area contributed by atoms with Crippen LogP contribution in [0, 0.1) is 0 Å². The number of rotatable bonds is 7. The maximum atomic E-state index is 5.72. The summed E-state index contributed by atoms with van der Waals surface area (Å²) in [5, 5.41) is 0. The van der Waals surface area contributed by atoms with Crippen LogP contribution in [0.25, 0.3) is 11.0 Å². The average molecular weight is 303 g/mol. The molecule has 0 bridgehead atoms. The van der Waals surface area contributed by atoms with Crippen molar-refractivity contribution in [1.82, 2.24) is 9.55 Å². The van der Waals surface area contributed by atoms with Gasteiger partial charge in [0.2, 0.25) is 0 Å². The third-order valence-corrected chi connectivity index (χ3v) is 4.08. The van der Waals surface area contributed by atoms with E-state index in [0.717, 1.165) is 67.1 Å². The molecule has 0 unspecified atom stereocenters. The molecule has 5 nitrogen and oxygen atoms in total. The van der Waals surface area contributed by atoms with Gasteiger partial charge in [-0.3, -0.25) is 0 Å². The number of fused-ring (bicyclic) bond motifs is 2. The van der Waals surface area contributed by atoms with Crippen molar-refractivity contribution in [2.75, 3.05) is 19.8 Å². The van der Waals surface area contributed by atoms with Gasteiger partial charge in [0, 0.05) is 25.1 Å². The van der Waals surface area contributed by atoms with E-state index in [1.165, 1.54) is 6.42 Å². The standard InChI is InChI=1S/C17H25N3O2/c1-2-3-6-17-19-13-11-15-16(22-10-9-21-15)12-14(13)20(17)8-5-4-7-18/h11-12H,2-10,18H2,1H3. The summed E-state index contributed by atoms with van der Waals surface area (Å²) < 4.78 is 13.7. The molecule has 3 rings (SSSR count). The van der Waals surface area contributed by atoms with Crippen molar-refractivity contribution in [3.63, 3.8) is 0 Å². The Hall–Kier alpha value is -1.75. The topological polar surface area (TPSA) is 62.3 Å². The number of nitrogens with zero attached hydrogens (tertiary/aromatic N) is 2. The highest BCUT2D eigenvalue weighted by atomic mass is 16.6. The fourth-order valence-corrected chi connectivity index (χ4v) is 2.90. The van der Waals surface area contributed by atoms with Gasteiger partial charge in [0.1, 0.15) is 19.0 Å². The summed E-state index contributed by atoms with van der Waals surface area (Å²) >= 11 is 0. The normalized spacial score (nSPS) is 13.7. The largest absolute Gasteiger partial charge is 0.486 e. The molecule has 0 spiro atoms. The Kier molecular flexibility index (Phi) is 4.83. The Morgan fingerprint density at radius 2 is 1.91 bits per heavy atom. The maximum absolute atomic E-state index is 5.72. The zero-order valence-electron chi connectivity index (χ0n) is 13.3. The number of unbranched alkanes of at least 4 members (excludes halogenated alkanes) is 2. The van der Waals surface area contributed by atoms with Crippen LogP contribution >= 0.6 is 0 Å². The first kappa shape index (κ1) is 15.2. The van der Waals surface area contributed by atoms with Gasteiger partial charge in [0.05, 0.1) is 11.0 Å². The van der Waals surface area contributed by atoms with Crippen LogP contribution in [0.1, 0.15) is 38.4 Å². The number of hydrogen-bond acceptors (Lipinski definition) is 4. The van der Waals surface area contributed by atoms with Crippen LogP contribution in [-0.4, -0.2) is 29.3 Å². The molecular weight excluding hydrogens is 278 g/mol. The number of nitrogens with two attached hydrogens (primary N) is 1. The first-order valence-electron chi connectivity index (χ1n) is 8.32. The lowest BCUT2D eigenvalue weighted by atomic mass is 10.2. The van der Waals surface area contributed by atoms with Gasteiger partial charge in [-0.1, -0.05) is 13.3 Å². The van der Waals surface area contributed by atoms with Crippen molar-refractivity contribution < 1.29 is 9.47 Å². The monoisotopic (exact) mass is 303 g/mol. The van der Waals surface area contributed by atoms with Crippen molar-refractivity contribution >= 4 is 11.0 Å². The van der Waals surface area contributed by atoms with Gasteiger partial charge >= 0.3 is 0 Å². The Morgan fingerprint density at radius 3 is 2.64 bits per heavy atom. The van der Waals surface area contributed by atoms with E-state index in [2.05, 4.69) is 17.6 Å². The van der Waals surface area contributed by atoms with Crippen molar-refractivity contribution in [3.05, 3.63) is 18.0 Å². The number of imidazole rings is 1. The molecule has 0 radical (unpaired) electrons. The first-order chi connectivity index (χ1) is 10.8. The summed E-state index contributed by atoms with van der Waals surface area (Å²) in [6.07, 6.45) is 5.47. The molecule has 0 atom stereocenters. The van der Waals surface area contributed by atoms with Gasteiger partial charge in [-0.05, 0) is 25.8 Å². The summed E-state index contributed by atoms with van der Waals surface area (Å²) in [6.45, 7) is 5.14. The average Bonchev–Trinajstić information content (AvgIpc) is 2.88. The summed E-state index contributed by atoms with van der Waals surface area (Å²) in [5.74, 6) is 2.81. The van der Waals surface area contributed by atoms with Crippen molar-refractivity contribution in [2.45, 2.75) is 45.6 Å². The van der Waals surface area contributed by atoms with E-state index in [0.29, 0.717) is 13.2 Å². The molecule has 1 aromatic heterocycles. The molecule has 1 aliphatic rings. The predicted octanol–water partition coefficient (Wildman–Crippen LogP) is 2.89. The second-order valence-electron chi connectivity index (χ2n) is 5.76. The SMILES string of the molecule is CCCCc1nc2cc3c(cc2n1CCCCN)OCCO3. The molecule has 5 heteroatoms. The van der Waals surface area contributed by atoms with Gasteiger partial charge in [-0.2, -0.15) is 0 Å². The van der Waals surface area contributed by atoms with Gasteiger partial charge in [-0.25, -0.2) is 4.98 Å². The summed E-state index contributed by atoms with van der Waals surface area (Å²) in [5.41, 5.74) is 7.78. The van der Waals surface area contributed by atoms with Crippen molar-refractivity contribution in [2.24, 2.45) is 5.73 Å². The minimum atomic E-state index is 0.610. The van der Waals surface area contributed by atoms with E-state index in [1.54, 1.807) is 0 Å². The Bertz CT molecular complexity index is 636. The summed E-state index contributed by atoms with van der Waals surface area (Å²) in [7, 11) is 0. The van der Waals surface area contributed by atoms with Crippen molar-refractivity contribution in [1.29, 1.82) is 0 Å². The molecule has 22 heavy (non-hydrogen) atoms. The molecule has 0 fully saturated rings. The van der Waals surface area contributed by atoms with E-state index >= 15 is 0 Å². The van der Waals surface area contributed by atoms with Crippen LogP contribution in [0.2, 0.25) is 0 Å². The fourth-order valence-electron chi connectivity index (χ4n) is 2.90. The molecule has 120 valence electrons. The lowest BCUT2D eigenvalue weighted by Crippen LogP contribution is -2.15. The zero-order chi connectivity index (χ0) is 15.4. The third-order valence-electron chi connectivity index (χ3n) is 4.08. The zero-order valence-corrected chi connectivity index (χ0v) is 13.3. The lowest BCUT2D eigenvalue weighted by molar-refractivity contribution is 0.172. The van der Waals surface area contributed by atoms with Gasteiger partial charge in [0.25, 0.3) is 0 Å². The Labute approximate surface area is 131 Å². The van der Waals surface area contributed by atoms with E-state index in [9.17, 15) is 0 Å². The van der Waals surface area contributed by atoms with Crippen LogP contribution in [-0.2, 0) is 13.0 Å². The second kappa shape index (κ2) is 7.01. The molecule has 0 saturated heterocycles.